The molecule has 4 rings (SSSR count). The number of para-hydroxylation sites is 1. The molecule has 2 aromatic heterocycles. The Balaban J connectivity index is 1.81. The number of nitrogens with one attached hydrogen (secondary N) is 1. The highest BCUT2D eigenvalue weighted by molar-refractivity contribution is 5.91. The lowest BCUT2D eigenvalue weighted by Crippen LogP contribution is -2.28. The first-order valence-corrected chi connectivity index (χ1v) is 9.65. The molecule has 146 valence electrons. The Hall–Kier alpha value is -3.51. The van der Waals surface area contributed by atoms with Gasteiger partial charge in [-0.15, -0.1) is 0 Å². The molecule has 0 fully saturated rings. The average molecular weight is 385 g/mol. The molecule has 0 spiro atoms. The number of benzene rings is 2. The molecule has 29 heavy (non-hydrogen) atoms. The topological polar surface area (TPSA) is 97.0 Å². The Kier molecular flexibility index (Phi) is 5.35. The summed E-state index contributed by atoms with van der Waals surface area (Å²) in [5, 5.41) is 14.8. The molecule has 4 N–H and O–H groups in total. The van der Waals surface area contributed by atoms with Gasteiger partial charge in [-0.3, -0.25) is 4.98 Å². The van der Waals surface area contributed by atoms with Crippen LogP contribution in [-0.4, -0.2) is 32.6 Å². The van der Waals surface area contributed by atoms with Crippen LogP contribution < -0.4 is 11.1 Å². The fourth-order valence-corrected chi connectivity index (χ4v) is 3.14. The summed E-state index contributed by atoms with van der Waals surface area (Å²) in [4.78, 5) is 13.5. The first-order valence-electron chi connectivity index (χ1n) is 9.65. The minimum Gasteiger partial charge on any atom is -0.507 e. The van der Waals surface area contributed by atoms with Crippen LogP contribution >= 0.6 is 0 Å². The minimum atomic E-state index is 0.0376. The van der Waals surface area contributed by atoms with Crippen molar-refractivity contribution >= 4 is 16.7 Å². The molecular weight excluding hydrogens is 362 g/mol. The van der Waals surface area contributed by atoms with E-state index in [1.165, 1.54) is 0 Å². The Morgan fingerprint density at radius 2 is 1.79 bits per heavy atom. The summed E-state index contributed by atoms with van der Waals surface area (Å²) in [6.07, 6.45) is 4.36. The van der Waals surface area contributed by atoms with E-state index in [1.54, 1.807) is 18.5 Å². The highest BCUT2D eigenvalue weighted by Gasteiger charge is 2.14. The molecular formula is C23H23N5O. The van der Waals surface area contributed by atoms with E-state index in [0.717, 1.165) is 28.5 Å². The monoisotopic (exact) mass is 385 g/mol. The number of pyridine rings is 1. The first-order chi connectivity index (χ1) is 14.2. The van der Waals surface area contributed by atoms with Crippen molar-refractivity contribution in [2.24, 2.45) is 5.73 Å². The van der Waals surface area contributed by atoms with Gasteiger partial charge in [-0.05, 0) is 53.9 Å². The van der Waals surface area contributed by atoms with Crippen LogP contribution in [0.2, 0.25) is 0 Å². The summed E-state index contributed by atoms with van der Waals surface area (Å²) in [5.74, 6) is 1.31. The molecule has 0 amide bonds. The largest absolute Gasteiger partial charge is 0.507 e. The van der Waals surface area contributed by atoms with Gasteiger partial charge >= 0.3 is 0 Å². The van der Waals surface area contributed by atoms with Crippen LogP contribution in [0.15, 0.2) is 67.0 Å². The Morgan fingerprint density at radius 3 is 2.59 bits per heavy atom. The van der Waals surface area contributed by atoms with Crippen LogP contribution in [0, 0.1) is 0 Å². The number of hydrogen-bond acceptors (Lipinski definition) is 6. The van der Waals surface area contributed by atoms with Gasteiger partial charge in [0.15, 0.2) is 5.82 Å². The fraction of sp³-hybridized carbons (Fsp3) is 0.174. The van der Waals surface area contributed by atoms with Gasteiger partial charge < -0.3 is 16.2 Å². The van der Waals surface area contributed by atoms with Gasteiger partial charge in [0.2, 0.25) is 0 Å². The van der Waals surface area contributed by atoms with Crippen LogP contribution in [-0.2, 0) is 0 Å². The maximum atomic E-state index is 10.5. The SMILES string of the molecule is CC[C@H](N)CNc1nc(-c2cc(-c3ccncc3)ccc2O)nc2ccccc12. The van der Waals surface area contributed by atoms with Crippen molar-refractivity contribution in [3.05, 3.63) is 67.0 Å². The quantitative estimate of drug-likeness (QED) is 0.460. The number of rotatable bonds is 6. The van der Waals surface area contributed by atoms with Crippen molar-refractivity contribution in [1.82, 2.24) is 15.0 Å². The van der Waals surface area contributed by atoms with Gasteiger partial charge in [0, 0.05) is 30.4 Å². The van der Waals surface area contributed by atoms with E-state index < -0.39 is 0 Å². The Morgan fingerprint density at radius 1 is 1.00 bits per heavy atom. The second kappa shape index (κ2) is 8.24. The van der Waals surface area contributed by atoms with E-state index in [0.29, 0.717) is 23.8 Å². The summed E-state index contributed by atoms with van der Waals surface area (Å²) in [7, 11) is 0. The first kappa shape index (κ1) is 18.8. The van der Waals surface area contributed by atoms with Crippen molar-refractivity contribution < 1.29 is 5.11 Å². The van der Waals surface area contributed by atoms with E-state index in [2.05, 4.69) is 17.2 Å². The molecule has 0 bridgehead atoms. The van der Waals surface area contributed by atoms with Crippen molar-refractivity contribution in [2.75, 3.05) is 11.9 Å². The fourth-order valence-electron chi connectivity index (χ4n) is 3.14. The van der Waals surface area contributed by atoms with Gasteiger partial charge in [0.1, 0.15) is 11.6 Å². The third-order valence-electron chi connectivity index (χ3n) is 4.91. The van der Waals surface area contributed by atoms with Crippen molar-refractivity contribution in [3.8, 4) is 28.3 Å². The second-order valence-electron chi connectivity index (χ2n) is 6.93. The maximum absolute atomic E-state index is 10.5. The summed E-state index contributed by atoms with van der Waals surface area (Å²) >= 11 is 0. The predicted octanol–water partition coefficient (Wildman–Crippen LogP) is 4.21. The molecule has 0 aliphatic carbocycles. The lowest BCUT2D eigenvalue weighted by Gasteiger charge is -2.14. The summed E-state index contributed by atoms with van der Waals surface area (Å²) in [6.45, 7) is 2.67. The molecule has 0 saturated heterocycles. The number of nitrogens with two attached hydrogens (primary N) is 1. The zero-order chi connectivity index (χ0) is 20.2. The van der Waals surface area contributed by atoms with E-state index >= 15 is 0 Å². The number of fused-ring (bicyclic) bond motifs is 1. The van der Waals surface area contributed by atoms with Crippen molar-refractivity contribution in [3.63, 3.8) is 0 Å². The van der Waals surface area contributed by atoms with Gasteiger partial charge in [0.25, 0.3) is 0 Å². The molecule has 0 radical (unpaired) electrons. The molecule has 0 unspecified atom stereocenters. The molecule has 1 atom stereocenters. The lowest BCUT2D eigenvalue weighted by molar-refractivity contribution is 0.477. The van der Waals surface area contributed by atoms with Gasteiger partial charge in [-0.25, -0.2) is 9.97 Å². The third kappa shape index (κ3) is 4.02. The molecule has 2 heterocycles. The predicted molar refractivity (Wildman–Crippen MR) is 117 cm³/mol. The van der Waals surface area contributed by atoms with Crippen LogP contribution in [0.25, 0.3) is 33.4 Å². The van der Waals surface area contributed by atoms with E-state index in [9.17, 15) is 5.11 Å². The molecule has 6 heteroatoms. The van der Waals surface area contributed by atoms with Crippen molar-refractivity contribution in [2.45, 2.75) is 19.4 Å². The van der Waals surface area contributed by atoms with Crippen molar-refractivity contribution in [1.29, 1.82) is 0 Å². The number of aromatic nitrogens is 3. The minimum absolute atomic E-state index is 0.0376. The molecule has 6 nitrogen and oxygen atoms in total. The molecule has 4 aromatic rings. The number of phenolic OH excluding ortho intramolecular Hbond substituents is 1. The average Bonchev–Trinajstić information content (AvgIpc) is 2.78. The highest BCUT2D eigenvalue weighted by atomic mass is 16.3. The molecule has 0 aliphatic rings. The maximum Gasteiger partial charge on any atom is 0.165 e. The number of hydrogen-bond donors (Lipinski definition) is 3. The van der Waals surface area contributed by atoms with Crippen LogP contribution in [0.3, 0.4) is 0 Å². The summed E-state index contributed by atoms with van der Waals surface area (Å²) in [6, 6.07) is 17.1. The molecule has 0 saturated carbocycles. The number of anilines is 1. The zero-order valence-electron chi connectivity index (χ0n) is 16.2. The van der Waals surface area contributed by atoms with E-state index in [4.69, 9.17) is 15.7 Å². The summed E-state index contributed by atoms with van der Waals surface area (Å²) < 4.78 is 0. The van der Waals surface area contributed by atoms with Gasteiger partial charge in [-0.1, -0.05) is 25.1 Å². The van der Waals surface area contributed by atoms with Crippen LogP contribution in [0.5, 0.6) is 5.75 Å². The Labute approximate surface area is 169 Å². The van der Waals surface area contributed by atoms with Gasteiger partial charge in [0.05, 0.1) is 11.1 Å². The number of nitrogens with zero attached hydrogens (tertiary/aromatic N) is 3. The number of aromatic hydroxyl groups is 1. The normalized spacial score (nSPS) is 12.1. The molecule has 0 aliphatic heterocycles. The Bertz CT molecular complexity index is 1130. The third-order valence-corrected chi connectivity index (χ3v) is 4.91. The number of phenols is 1. The standard InChI is InChI=1S/C23H23N5O/c1-2-17(24)14-26-22-18-5-3-4-6-20(18)27-23(28-22)19-13-16(7-8-21(19)29)15-9-11-25-12-10-15/h3-13,17,29H,2,14,24H2,1H3,(H,26,27,28)/t17-/m0/s1. The highest BCUT2D eigenvalue weighted by Crippen LogP contribution is 2.33. The van der Waals surface area contributed by atoms with E-state index in [1.807, 2.05) is 48.5 Å². The smallest absolute Gasteiger partial charge is 0.165 e. The van der Waals surface area contributed by atoms with Crippen LogP contribution in [0.1, 0.15) is 13.3 Å². The van der Waals surface area contributed by atoms with E-state index in [-0.39, 0.29) is 11.8 Å². The second-order valence-corrected chi connectivity index (χ2v) is 6.93. The summed E-state index contributed by atoms with van der Waals surface area (Å²) in [5.41, 5.74) is 9.42. The lowest BCUT2D eigenvalue weighted by atomic mass is 10.0. The zero-order valence-corrected chi connectivity index (χ0v) is 16.2. The molecule has 2 aromatic carbocycles. The van der Waals surface area contributed by atoms with Gasteiger partial charge in [-0.2, -0.15) is 0 Å². The van der Waals surface area contributed by atoms with Crippen LogP contribution in [0.4, 0.5) is 5.82 Å².